The first kappa shape index (κ1) is 10.2. The number of halogens is 1. The van der Waals surface area contributed by atoms with Crippen molar-refractivity contribution < 1.29 is 0 Å². The minimum Gasteiger partial charge on any atom is -0.357 e. The standard InChI is InChI=1S/C5H6ClN3.C2H6/c1-7-5-8-2-4(6)3-9-5;1-2/h2-3H,1H3,(H,7,8,9);1-2H3. The molecule has 62 valence electrons. The monoisotopic (exact) mass is 173 g/mol. The average molecular weight is 174 g/mol. The van der Waals surface area contributed by atoms with Crippen LogP contribution in [0.2, 0.25) is 5.02 Å². The molecule has 0 saturated carbocycles. The molecule has 1 rings (SSSR count). The summed E-state index contributed by atoms with van der Waals surface area (Å²) in [4.78, 5) is 7.69. The first-order valence-electron chi connectivity index (χ1n) is 3.48. The molecular formula is C7H12ClN3. The molecule has 0 fully saturated rings. The van der Waals surface area contributed by atoms with E-state index >= 15 is 0 Å². The molecule has 0 aliphatic rings. The maximum atomic E-state index is 5.52. The molecule has 0 aliphatic heterocycles. The Labute approximate surface area is 71.8 Å². The minimum atomic E-state index is 0.550. The van der Waals surface area contributed by atoms with Crippen LogP contribution in [0.5, 0.6) is 0 Å². The summed E-state index contributed by atoms with van der Waals surface area (Å²) >= 11 is 5.52. The molecule has 0 atom stereocenters. The lowest BCUT2D eigenvalue weighted by Gasteiger charge is -1.93. The van der Waals surface area contributed by atoms with Crippen LogP contribution in [0, 0.1) is 0 Å². The molecule has 0 saturated heterocycles. The fourth-order valence-corrected chi connectivity index (χ4v) is 0.539. The Morgan fingerprint density at radius 1 is 1.27 bits per heavy atom. The van der Waals surface area contributed by atoms with E-state index in [-0.39, 0.29) is 0 Å². The zero-order chi connectivity index (χ0) is 8.69. The second-order valence-corrected chi connectivity index (χ2v) is 1.91. The van der Waals surface area contributed by atoms with Gasteiger partial charge in [-0.2, -0.15) is 0 Å². The molecule has 0 bridgehead atoms. The molecule has 0 amide bonds. The van der Waals surface area contributed by atoms with Crippen LogP contribution in [0.3, 0.4) is 0 Å². The van der Waals surface area contributed by atoms with Crippen LogP contribution in [-0.4, -0.2) is 17.0 Å². The van der Waals surface area contributed by atoms with E-state index in [0.29, 0.717) is 11.0 Å². The van der Waals surface area contributed by atoms with E-state index < -0.39 is 0 Å². The number of anilines is 1. The lowest BCUT2D eigenvalue weighted by Crippen LogP contribution is -1.93. The largest absolute Gasteiger partial charge is 0.357 e. The smallest absolute Gasteiger partial charge is 0.222 e. The van der Waals surface area contributed by atoms with Crippen molar-refractivity contribution in [3.63, 3.8) is 0 Å². The second-order valence-electron chi connectivity index (χ2n) is 1.47. The van der Waals surface area contributed by atoms with E-state index in [4.69, 9.17) is 11.6 Å². The van der Waals surface area contributed by atoms with Crippen LogP contribution < -0.4 is 5.32 Å². The lowest BCUT2D eigenvalue weighted by molar-refractivity contribution is 1.15. The topological polar surface area (TPSA) is 37.8 Å². The van der Waals surface area contributed by atoms with Crippen molar-refractivity contribution in [2.45, 2.75) is 13.8 Å². The Hall–Kier alpha value is -0.830. The Kier molecular flexibility index (Phi) is 5.47. The number of rotatable bonds is 1. The lowest BCUT2D eigenvalue weighted by atomic mass is 10.7. The van der Waals surface area contributed by atoms with Gasteiger partial charge < -0.3 is 5.32 Å². The van der Waals surface area contributed by atoms with Gasteiger partial charge in [0.05, 0.1) is 17.4 Å². The summed E-state index contributed by atoms with van der Waals surface area (Å²) in [5.41, 5.74) is 0. The van der Waals surface area contributed by atoms with Crippen LogP contribution in [0.25, 0.3) is 0 Å². The Bertz CT molecular complexity index is 185. The number of nitrogens with zero attached hydrogens (tertiary/aromatic N) is 2. The molecule has 1 heterocycles. The van der Waals surface area contributed by atoms with E-state index in [1.54, 1.807) is 19.4 Å². The quantitative estimate of drug-likeness (QED) is 0.708. The van der Waals surface area contributed by atoms with Crippen molar-refractivity contribution in [3.05, 3.63) is 17.4 Å². The SMILES string of the molecule is CC.CNc1ncc(Cl)cn1. The Morgan fingerprint density at radius 2 is 1.73 bits per heavy atom. The van der Waals surface area contributed by atoms with Gasteiger partial charge in [-0.25, -0.2) is 9.97 Å². The zero-order valence-corrected chi connectivity index (χ0v) is 7.68. The van der Waals surface area contributed by atoms with Crippen molar-refractivity contribution >= 4 is 17.5 Å². The molecular weight excluding hydrogens is 162 g/mol. The third kappa shape index (κ3) is 3.78. The summed E-state index contributed by atoms with van der Waals surface area (Å²) in [6.07, 6.45) is 3.08. The molecule has 0 aromatic carbocycles. The second kappa shape index (κ2) is 5.92. The molecule has 0 spiro atoms. The van der Waals surface area contributed by atoms with E-state index in [9.17, 15) is 0 Å². The first-order valence-corrected chi connectivity index (χ1v) is 3.86. The fraction of sp³-hybridized carbons (Fsp3) is 0.429. The molecule has 1 aromatic heterocycles. The predicted octanol–water partition coefficient (Wildman–Crippen LogP) is 2.20. The highest BCUT2D eigenvalue weighted by atomic mass is 35.5. The molecule has 0 aliphatic carbocycles. The van der Waals surface area contributed by atoms with Crippen LogP contribution in [0.15, 0.2) is 12.4 Å². The van der Waals surface area contributed by atoms with Crippen LogP contribution >= 0.6 is 11.6 Å². The fourth-order valence-electron chi connectivity index (χ4n) is 0.441. The molecule has 1 aromatic rings. The third-order valence-corrected chi connectivity index (χ3v) is 1.04. The first-order chi connectivity index (χ1) is 5.33. The molecule has 4 heteroatoms. The zero-order valence-electron chi connectivity index (χ0n) is 6.93. The van der Waals surface area contributed by atoms with E-state index in [0.717, 1.165) is 0 Å². The van der Waals surface area contributed by atoms with Gasteiger partial charge in [-0.15, -0.1) is 0 Å². The third-order valence-electron chi connectivity index (χ3n) is 0.844. The van der Waals surface area contributed by atoms with Crippen LogP contribution in [0.1, 0.15) is 13.8 Å². The predicted molar refractivity (Wildman–Crippen MR) is 47.9 cm³/mol. The summed E-state index contributed by atoms with van der Waals surface area (Å²) < 4.78 is 0. The number of hydrogen-bond donors (Lipinski definition) is 1. The minimum absolute atomic E-state index is 0.550. The Balaban J connectivity index is 0.000000461. The van der Waals surface area contributed by atoms with Gasteiger partial charge in [0.25, 0.3) is 0 Å². The van der Waals surface area contributed by atoms with Gasteiger partial charge in [0.1, 0.15) is 0 Å². The highest BCUT2D eigenvalue weighted by molar-refractivity contribution is 6.30. The molecule has 3 nitrogen and oxygen atoms in total. The molecule has 11 heavy (non-hydrogen) atoms. The molecule has 1 N–H and O–H groups in total. The highest BCUT2D eigenvalue weighted by Crippen LogP contribution is 2.03. The van der Waals surface area contributed by atoms with Gasteiger partial charge in [-0.3, -0.25) is 0 Å². The summed E-state index contributed by atoms with van der Waals surface area (Å²) in [6, 6.07) is 0. The summed E-state index contributed by atoms with van der Waals surface area (Å²) in [6.45, 7) is 4.00. The number of aromatic nitrogens is 2. The van der Waals surface area contributed by atoms with Gasteiger partial charge in [-0.05, 0) is 0 Å². The van der Waals surface area contributed by atoms with Gasteiger partial charge in [0, 0.05) is 7.05 Å². The number of nitrogens with one attached hydrogen (secondary N) is 1. The normalized spacial score (nSPS) is 8.00. The summed E-state index contributed by atoms with van der Waals surface area (Å²) in [7, 11) is 1.75. The summed E-state index contributed by atoms with van der Waals surface area (Å²) in [5.74, 6) is 0.583. The van der Waals surface area contributed by atoms with Crippen LogP contribution in [-0.2, 0) is 0 Å². The Morgan fingerprint density at radius 3 is 2.09 bits per heavy atom. The van der Waals surface area contributed by atoms with Gasteiger partial charge >= 0.3 is 0 Å². The van der Waals surface area contributed by atoms with Crippen molar-refractivity contribution in [2.24, 2.45) is 0 Å². The van der Waals surface area contributed by atoms with Gasteiger partial charge in [0.2, 0.25) is 5.95 Å². The van der Waals surface area contributed by atoms with E-state index in [1.165, 1.54) is 0 Å². The average Bonchev–Trinajstić information content (AvgIpc) is 2.10. The van der Waals surface area contributed by atoms with Crippen molar-refractivity contribution in [1.29, 1.82) is 0 Å². The van der Waals surface area contributed by atoms with Crippen molar-refractivity contribution in [3.8, 4) is 0 Å². The maximum Gasteiger partial charge on any atom is 0.222 e. The van der Waals surface area contributed by atoms with E-state index in [2.05, 4.69) is 15.3 Å². The molecule has 0 radical (unpaired) electrons. The van der Waals surface area contributed by atoms with Crippen molar-refractivity contribution in [1.82, 2.24) is 9.97 Å². The van der Waals surface area contributed by atoms with Gasteiger partial charge in [-0.1, -0.05) is 25.4 Å². The summed E-state index contributed by atoms with van der Waals surface area (Å²) in [5, 5.41) is 3.32. The van der Waals surface area contributed by atoms with Gasteiger partial charge in [0.15, 0.2) is 0 Å². The van der Waals surface area contributed by atoms with E-state index in [1.807, 2.05) is 13.8 Å². The molecule has 0 unspecified atom stereocenters. The van der Waals surface area contributed by atoms with Crippen molar-refractivity contribution in [2.75, 3.05) is 12.4 Å². The highest BCUT2D eigenvalue weighted by Gasteiger charge is 1.88. The van der Waals surface area contributed by atoms with Crippen LogP contribution in [0.4, 0.5) is 5.95 Å². The number of hydrogen-bond acceptors (Lipinski definition) is 3. The maximum absolute atomic E-state index is 5.52.